The molecule has 1 aliphatic heterocycles. The van der Waals surface area contributed by atoms with Crippen molar-refractivity contribution in [1.82, 2.24) is 5.32 Å². The van der Waals surface area contributed by atoms with Crippen molar-refractivity contribution < 1.29 is 9.59 Å². The molecule has 2 rings (SSSR count). The van der Waals surface area contributed by atoms with Gasteiger partial charge in [-0.3, -0.25) is 9.59 Å². The van der Waals surface area contributed by atoms with E-state index < -0.39 is 0 Å². The lowest BCUT2D eigenvalue weighted by molar-refractivity contribution is -0.126. The molecule has 0 aromatic carbocycles. The summed E-state index contributed by atoms with van der Waals surface area (Å²) in [5, 5.41) is 2.74. The Hall–Kier alpha value is -0.860. The molecule has 0 bridgehead atoms. The Morgan fingerprint density at radius 2 is 1.92 bits per heavy atom. The molecule has 1 amide bonds. The highest BCUT2D eigenvalue weighted by Crippen LogP contribution is 2.27. The summed E-state index contributed by atoms with van der Waals surface area (Å²) < 4.78 is 0. The van der Waals surface area contributed by atoms with Crippen LogP contribution < -0.4 is 5.32 Å². The maximum absolute atomic E-state index is 11.8. The van der Waals surface area contributed by atoms with Crippen LogP contribution in [0.3, 0.4) is 0 Å². The van der Waals surface area contributed by atoms with Crippen LogP contribution in [-0.2, 0) is 9.59 Å². The van der Waals surface area contributed by atoms with Crippen molar-refractivity contribution in [2.24, 2.45) is 5.92 Å². The molecule has 13 heavy (non-hydrogen) atoms. The molecule has 3 heteroatoms. The van der Waals surface area contributed by atoms with E-state index in [-0.39, 0.29) is 23.7 Å². The van der Waals surface area contributed by atoms with Crippen molar-refractivity contribution >= 4 is 11.7 Å². The number of nitrogens with one attached hydrogen (secondary N) is 1. The fourth-order valence-corrected chi connectivity index (χ4v) is 2.32. The summed E-state index contributed by atoms with van der Waals surface area (Å²) >= 11 is 0. The van der Waals surface area contributed by atoms with Gasteiger partial charge in [0.1, 0.15) is 0 Å². The van der Waals surface area contributed by atoms with Crippen LogP contribution in [0, 0.1) is 5.92 Å². The van der Waals surface area contributed by atoms with E-state index in [2.05, 4.69) is 5.32 Å². The molecule has 72 valence electrons. The van der Waals surface area contributed by atoms with Gasteiger partial charge in [-0.05, 0) is 19.3 Å². The van der Waals surface area contributed by atoms with Crippen LogP contribution in [0.1, 0.15) is 38.5 Å². The van der Waals surface area contributed by atoms with Crippen molar-refractivity contribution in [1.29, 1.82) is 0 Å². The minimum Gasteiger partial charge on any atom is -0.346 e. The summed E-state index contributed by atoms with van der Waals surface area (Å²) in [4.78, 5) is 22.7. The SMILES string of the molecule is O=C1CCC(C(=O)C2CCCC2)N1. The lowest BCUT2D eigenvalue weighted by Crippen LogP contribution is -2.36. The number of Topliss-reactive ketones (excluding diaryl/α,β-unsaturated/α-hetero) is 1. The number of amides is 1. The molecule has 0 radical (unpaired) electrons. The first-order valence-electron chi connectivity index (χ1n) is 5.10. The highest BCUT2D eigenvalue weighted by atomic mass is 16.2. The van der Waals surface area contributed by atoms with Gasteiger partial charge in [-0.2, -0.15) is 0 Å². The van der Waals surface area contributed by atoms with Crippen molar-refractivity contribution in [3.05, 3.63) is 0 Å². The van der Waals surface area contributed by atoms with Crippen LogP contribution in [0.15, 0.2) is 0 Å². The molecule has 1 saturated carbocycles. The van der Waals surface area contributed by atoms with Crippen LogP contribution in [0.4, 0.5) is 0 Å². The zero-order chi connectivity index (χ0) is 9.26. The van der Waals surface area contributed by atoms with E-state index in [0.717, 1.165) is 12.8 Å². The lowest BCUT2D eigenvalue weighted by Gasteiger charge is -2.13. The van der Waals surface area contributed by atoms with Crippen molar-refractivity contribution in [2.45, 2.75) is 44.6 Å². The van der Waals surface area contributed by atoms with Gasteiger partial charge in [-0.25, -0.2) is 0 Å². The number of rotatable bonds is 2. The predicted molar refractivity (Wildman–Crippen MR) is 48.1 cm³/mol. The topological polar surface area (TPSA) is 46.2 Å². The summed E-state index contributed by atoms with van der Waals surface area (Å²) in [6.07, 6.45) is 5.67. The molecular formula is C10H15NO2. The molecule has 1 N–H and O–H groups in total. The quantitative estimate of drug-likeness (QED) is 0.691. The van der Waals surface area contributed by atoms with E-state index in [9.17, 15) is 9.59 Å². The smallest absolute Gasteiger partial charge is 0.220 e. The van der Waals surface area contributed by atoms with Gasteiger partial charge in [-0.1, -0.05) is 12.8 Å². The molecule has 1 aliphatic carbocycles. The lowest BCUT2D eigenvalue weighted by atomic mass is 9.96. The Labute approximate surface area is 77.9 Å². The van der Waals surface area contributed by atoms with Crippen LogP contribution in [0.25, 0.3) is 0 Å². The van der Waals surface area contributed by atoms with Crippen LogP contribution >= 0.6 is 0 Å². The van der Waals surface area contributed by atoms with Gasteiger partial charge < -0.3 is 5.32 Å². The molecule has 0 aromatic heterocycles. The summed E-state index contributed by atoms with van der Waals surface area (Å²) in [5.41, 5.74) is 0. The Bertz CT molecular complexity index is 231. The van der Waals surface area contributed by atoms with Gasteiger partial charge in [0.15, 0.2) is 5.78 Å². The number of carbonyl (C=O) groups is 2. The van der Waals surface area contributed by atoms with Crippen LogP contribution in [-0.4, -0.2) is 17.7 Å². The van der Waals surface area contributed by atoms with Gasteiger partial charge in [0.2, 0.25) is 5.91 Å². The van der Waals surface area contributed by atoms with E-state index in [0.29, 0.717) is 12.8 Å². The highest BCUT2D eigenvalue weighted by molar-refractivity contribution is 5.93. The molecule has 3 nitrogen and oxygen atoms in total. The molecular weight excluding hydrogens is 166 g/mol. The monoisotopic (exact) mass is 181 g/mol. The third-order valence-electron chi connectivity index (χ3n) is 3.10. The van der Waals surface area contributed by atoms with E-state index in [4.69, 9.17) is 0 Å². The average Bonchev–Trinajstić information content (AvgIpc) is 2.72. The van der Waals surface area contributed by atoms with E-state index in [1.807, 2.05) is 0 Å². The first-order chi connectivity index (χ1) is 6.27. The maximum Gasteiger partial charge on any atom is 0.220 e. The van der Waals surface area contributed by atoms with Gasteiger partial charge in [-0.15, -0.1) is 0 Å². The molecule has 1 heterocycles. The maximum atomic E-state index is 11.8. The Morgan fingerprint density at radius 3 is 2.46 bits per heavy atom. The minimum atomic E-state index is -0.157. The molecule has 1 unspecified atom stereocenters. The molecule has 1 atom stereocenters. The number of ketones is 1. The largest absolute Gasteiger partial charge is 0.346 e. The van der Waals surface area contributed by atoms with Crippen LogP contribution in [0.2, 0.25) is 0 Å². The van der Waals surface area contributed by atoms with E-state index in [1.165, 1.54) is 12.8 Å². The van der Waals surface area contributed by atoms with Crippen LogP contribution in [0.5, 0.6) is 0 Å². The van der Waals surface area contributed by atoms with Gasteiger partial charge >= 0.3 is 0 Å². The standard InChI is InChI=1S/C10H15NO2/c12-9-6-5-8(11-9)10(13)7-3-1-2-4-7/h7-8H,1-6H2,(H,11,12). The third-order valence-corrected chi connectivity index (χ3v) is 3.10. The third kappa shape index (κ3) is 1.74. The second-order valence-corrected chi connectivity index (χ2v) is 4.04. The summed E-state index contributed by atoms with van der Waals surface area (Å²) in [5.74, 6) is 0.558. The Kier molecular flexibility index (Phi) is 2.34. The predicted octanol–water partition coefficient (Wildman–Crippen LogP) is 1.02. The normalized spacial score (nSPS) is 29.2. The van der Waals surface area contributed by atoms with E-state index >= 15 is 0 Å². The summed E-state index contributed by atoms with van der Waals surface area (Å²) in [7, 11) is 0. The fraction of sp³-hybridized carbons (Fsp3) is 0.800. The zero-order valence-corrected chi connectivity index (χ0v) is 7.71. The van der Waals surface area contributed by atoms with Crippen molar-refractivity contribution in [3.8, 4) is 0 Å². The average molecular weight is 181 g/mol. The molecule has 2 fully saturated rings. The van der Waals surface area contributed by atoms with E-state index in [1.54, 1.807) is 0 Å². The summed E-state index contributed by atoms with van der Waals surface area (Å²) in [6.45, 7) is 0. The second kappa shape index (κ2) is 3.48. The number of hydrogen-bond donors (Lipinski definition) is 1. The minimum absolute atomic E-state index is 0.0383. The Balaban J connectivity index is 1.92. The molecule has 0 aromatic rings. The molecule has 2 aliphatic rings. The molecule has 1 saturated heterocycles. The van der Waals surface area contributed by atoms with Gasteiger partial charge in [0, 0.05) is 12.3 Å². The number of hydrogen-bond acceptors (Lipinski definition) is 2. The first-order valence-corrected chi connectivity index (χ1v) is 5.10. The highest BCUT2D eigenvalue weighted by Gasteiger charge is 2.33. The Morgan fingerprint density at radius 1 is 1.23 bits per heavy atom. The number of carbonyl (C=O) groups excluding carboxylic acids is 2. The summed E-state index contributed by atoms with van der Waals surface area (Å²) in [6, 6.07) is -0.157. The zero-order valence-electron chi connectivity index (χ0n) is 7.71. The fourth-order valence-electron chi connectivity index (χ4n) is 2.32. The van der Waals surface area contributed by atoms with Gasteiger partial charge in [0.25, 0.3) is 0 Å². The molecule has 0 spiro atoms. The second-order valence-electron chi connectivity index (χ2n) is 4.04. The van der Waals surface area contributed by atoms with Gasteiger partial charge in [0.05, 0.1) is 6.04 Å². The van der Waals surface area contributed by atoms with Crippen molar-refractivity contribution in [2.75, 3.05) is 0 Å². The first kappa shape index (κ1) is 8.73. The van der Waals surface area contributed by atoms with Crippen molar-refractivity contribution in [3.63, 3.8) is 0 Å².